The molecule has 4 heteroatoms. The fourth-order valence-corrected chi connectivity index (χ4v) is 2.56. The Kier molecular flexibility index (Phi) is 5.76. The van der Waals surface area contributed by atoms with E-state index in [1.165, 1.54) is 4.90 Å². The Morgan fingerprint density at radius 1 is 1.05 bits per heavy atom. The van der Waals surface area contributed by atoms with Gasteiger partial charge in [-0.3, -0.25) is 0 Å². The maximum atomic E-state index is 4.38. The molecule has 2 aromatic carbocycles. The van der Waals surface area contributed by atoms with Gasteiger partial charge in [0.25, 0.3) is 0 Å². The molecule has 0 unspecified atom stereocenters. The molecule has 2 aromatic rings. The monoisotopic (exact) mass is 349 g/mol. The van der Waals surface area contributed by atoms with Crippen LogP contribution in [0.3, 0.4) is 0 Å². The van der Waals surface area contributed by atoms with Gasteiger partial charge in [-0.05, 0) is 47.9 Å². The smallest absolute Gasteiger partial charge is 0.0941 e. The van der Waals surface area contributed by atoms with E-state index >= 15 is 0 Å². The van der Waals surface area contributed by atoms with Gasteiger partial charge in [-0.2, -0.15) is 0 Å². The summed E-state index contributed by atoms with van der Waals surface area (Å²) in [5.41, 5.74) is 0.908. The van der Waals surface area contributed by atoms with Gasteiger partial charge in [-0.25, -0.2) is 4.99 Å². The van der Waals surface area contributed by atoms with Crippen molar-refractivity contribution >= 4 is 51.1 Å². The van der Waals surface area contributed by atoms with E-state index in [0.29, 0.717) is 5.04 Å². The van der Waals surface area contributed by atoms with Crippen LogP contribution < -0.4 is 0 Å². The third-order valence-corrected chi connectivity index (χ3v) is 3.83. The van der Waals surface area contributed by atoms with E-state index in [1.807, 2.05) is 53.9 Å². The lowest BCUT2D eigenvalue weighted by atomic mass is 10.3. The highest BCUT2D eigenvalue weighted by molar-refractivity contribution is 9.10. The van der Waals surface area contributed by atoms with Crippen LogP contribution in [0.4, 0.5) is 5.69 Å². The lowest BCUT2D eigenvalue weighted by molar-refractivity contribution is 1.45. The molecule has 0 aliphatic rings. The minimum absolute atomic E-state index is 0.691. The Balaban J connectivity index is 1.95. The third-order valence-electron chi connectivity index (χ3n) is 2.23. The average Bonchev–Trinajstić information content (AvgIpc) is 2.42. The van der Waals surface area contributed by atoms with Gasteiger partial charge in [0.05, 0.1) is 10.7 Å². The predicted octanol–water partition coefficient (Wildman–Crippen LogP) is 5.71. The second kappa shape index (κ2) is 7.58. The molecule has 0 aromatic heterocycles. The SMILES string of the molecule is SC(C=CSc1ccc(Br)cc1)=Nc1ccccc1. The van der Waals surface area contributed by atoms with Crippen LogP contribution in [0, 0.1) is 0 Å². The average molecular weight is 350 g/mol. The summed E-state index contributed by atoms with van der Waals surface area (Å²) in [5, 5.41) is 2.67. The standard InChI is InChI=1S/C15H12BrNS2/c16-12-6-8-14(9-7-12)19-11-10-15(18)17-13-4-2-1-3-5-13/h1-11H,(H,17,18). The molecule has 0 atom stereocenters. The molecule has 0 spiro atoms. The van der Waals surface area contributed by atoms with E-state index in [2.05, 4.69) is 45.7 Å². The van der Waals surface area contributed by atoms with E-state index in [0.717, 1.165) is 10.2 Å². The molecule has 0 bridgehead atoms. The summed E-state index contributed by atoms with van der Waals surface area (Å²) in [7, 11) is 0. The molecule has 0 heterocycles. The largest absolute Gasteiger partial charge is 0.242 e. The topological polar surface area (TPSA) is 12.4 Å². The van der Waals surface area contributed by atoms with Crippen LogP contribution in [0.5, 0.6) is 0 Å². The van der Waals surface area contributed by atoms with Crippen LogP contribution in [0.15, 0.2) is 80.4 Å². The molecule has 0 amide bonds. The van der Waals surface area contributed by atoms with Crippen molar-refractivity contribution in [3.63, 3.8) is 0 Å². The summed E-state index contributed by atoms with van der Waals surface area (Å²) in [6, 6.07) is 18.0. The van der Waals surface area contributed by atoms with Crippen molar-refractivity contribution in [1.82, 2.24) is 0 Å². The van der Waals surface area contributed by atoms with Crippen molar-refractivity contribution in [1.29, 1.82) is 0 Å². The normalized spacial score (nSPS) is 12.0. The molecule has 2 rings (SSSR count). The zero-order chi connectivity index (χ0) is 13.5. The second-order valence-corrected chi connectivity index (χ2v) is 6.03. The number of rotatable bonds is 4. The molecule has 1 nitrogen and oxygen atoms in total. The molecular weight excluding hydrogens is 338 g/mol. The first-order valence-electron chi connectivity index (χ1n) is 5.65. The minimum atomic E-state index is 0.691. The Hall–Kier alpha value is -0.970. The van der Waals surface area contributed by atoms with E-state index in [9.17, 15) is 0 Å². The van der Waals surface area contributed by atoms with Gasteiger partial charge < -0.3 is 0 Å². The first-order valence-corrected chi connectivity index (χ1v) is 7.77. The lowest BCUT2D eigenvalue weighted by Gasteiger charge is -1.96. The first-order chi connectivity index (χ1) is 9.24. The van der Waals surface area contributed by atoms with Crippen LogP contribution in [0.25, 0.3) is 0 Å². The van der Waals surface area contributed by atoms with Gasteiger partial charge in [0.1, 0.15) is 0 Å². The van der Waals surface area contributed by atoms with Crippen LogP contribution >= 0.6 is 40.3 Å². The number of benzene rings is 2. The Labute approximate surface area is 131 Å². The van der Waals surface area contributed by atoms with Gasteiger partial charge in [-0.15, -0.1) is 12.6 Å². The van der Waals surface area contributed by atoms with Gasteiger partial charge in [0, 0.05) is 9.37 Å². The van der Waals surface area contributed by atoms with Crippen molar-refractivity contribution in [2.24, 2.45) is 4.99 Å². The van der Waals surface area contributed by atoms with Crippen molar-refractivity contribution in [3.8, 4) is 0 Å². The summed E-state index contributed by atoms with van der Waals surface area (Å²) < 4.78 is 1.08. The molecular formula is C15H12BrNS2. The number of para-hydroxylation sites is 1. The summed E-state index contributed by atoms with van der Waals surface area (Å²) in [6.07, 6.45) is 1.89. The Morgan fingerprint density at radius 3 is 2.42 bits per heavy atom. The van der Waals surface area contributed by atoms with E-state index < -0.39 is 0 Å². The van der Waals surface area contributed by atoms with Crippen molar-refractivity contribution < 1.29 is 0 Å². The predicted molar refractivity (Wildman–Crippen MR) is 91.7 cm³/mol. The quantitative estimate of drug-likeness (QED) is 0.322. The highest BCUT2D eigenvalue weighted by Crippen LogP contribution is 2.21. The molecule has 19 heavy (non-hydrogen) atoms. The number of hydrogen-bond acceptors (Lipinski definition) is 2. The Bertz CT molecular complexity index is 577. The van der Waals surface area contributed by atoms with Crippen molar-refractivity contribution in [2.45, 2.75) is 4.90 Å². The number of nitrogens with zero attached hydrogens (tertiary/aromatic N) is 1. The highest BCUT2D eigenvalue weighted by Gasteiger charge is 1.92. The van der Waals surface area contributed by atoms with E-state index in [-0.39, 0.29) is 0 Å². The number of thioether (sulfide) groups is 1. The van der Waals surface area contributed by atoms with Crippen LogP contribution in [0.1, 0.15) is 0 Å². The minimum Gasteiger partial charge on any atom is -0.242 e. The van der Waals surface area contributed by atoms with Crippen molar-refractivity contribution in [3.05, 3.63) is 70.6 Å². The van der Waals surface area contributed by atoms with E-state index in [1.54, 1.807) is 11.8 Å². The number of thiol groups is 1. The third kappa shape index (κ3) is 5.27. The molecule has 0 N–H and O–H groups in total. The molecule has 0 saturated carbocycles. The molecule has 0 radical (unpaired) electrons. The van der Waals surface area contributed by atoms with E-state index in [4.69, 9.17) is 0 Å². The van der Waals surface area contributed by atoms with Gasteiger partial charge in [0.2, 0.25) is 0 Å². The number of aliphatic imine (C=N–C) groups is 1. The van der Waals surface area contributed by atoms with Crippen LogP contribution in [-0.2, 0) is 0 Å². The number of halogens is 1. The molecule has 0 aliphatic carbocycles. The summed E-state index contributed by atoms with van der Waals surface area (Å²) in [6.45, 7) is 0. The van der Waals surface area contributed by atoms with Gasteiger partial charge >= 0.3 is 0 Å². The summed E-state index contributed by atoms with van der Waals surface area (Å²) >= 11 is 9.40. The van der Waals surface area contributed by atoms with Gasteiger partial charge in [-0.1, -0.05) is 45.9 Å². The molecule has 0 aliphatic heterocycles. The maximum Gasteiger partial charge on any atom is 0.0941 e. The molecule has 96 valence electrons. The van der Waals surface area contributed by atoms with Gasteiger partial charge in [0.15, 0.2) is 0 Å². The Morgan fingerprint density at radius 2 is 1.74 bits per heavy atom. The second-order valence-electron chi connectivity index (χ2n) is 3.68. The molecule has 0 saturated heterocycles. The van der Waals surface area contributed by atoms with Crippen LogP contribution in [0.2, 0.25) is 0 Å². The lowest BCUT2D eigenvalue weighted by Crippen LogP contribution is -1.77. The fourth-order valence-electron chi connectivity index (χ4n) is 1.36. The number of hydrogen-bond donors (Lipinski definition) is 1. The van der Waals surface area contributed by atoms with Crippen molar-refractivity contribution in [2.75, 3.05) is 0 Å². The summed E-state index contributed by atoms with van der Waals surface area (Å²) in [4.78, 5) is 5.56. The maximum absolute atomic E-state index is 4.38. The zero-order valence-electron chi connectivity index (χ0n) is 10.0. The van der Waals surface area contributed by atoms with Crippen LogP contribution in [-0.4, -0.2) is 5.04 Å². The highest BCUT2D eigenvalue weighted by atomic mass is 79.9. The fraction of sp³-hybridized carbons (Fsp3) is 0. The first kappa shape index (κ1) is 14.4. The molecule has 0 fully saturated rings. The zero-order valence-corrected chi connectivity index (χ0v) is 13.3. The summed E-state index contributed by atoms with van der Waals surface area (Å²) in [5.74, 6) is 0.